The van der Waals surface area contributed by atoms with Crippen LogP contribution in [0.2, 0.25) is 0 Å². The highest BCUT2D eigenvalue weighted by atomic mass is 16.2. The van der Waals surface area contributed by atoms with Crippen molar-refractivity contribution in [2.24, 2.45) is 11.5 Å². The van der Waals surface area contributed by atoms with E-state index >= 15 is 0 Å². The molecule has 0 aromatic heterocycles. The Morgan fingerprint density at radius 3 is 2.35 bits per heavy atom. The molecule has 2 amide bonds. The van der Waals surface area contributed by atoms with Gasteiger partial charge in [0.2, 0.25) is 0 Å². The number of amides is 2. The van der Waals surface area contributed by atoms with Gasteiger partial charge in [-0.3, -0.25) is 0 Å². The molecule has 0 atom stereocenters. The second-order valence-electron chi connectivity index (χ2n) is 4.20. The van der Waals surface area contributed by atoms with E-state index in [1.54, 1.807) is 4.90 Å². The maximum Gasteiger partial charge on any atom is 0.317 e. The molecule has 1 aliphatic rings. The van der Waals surface area contributed by atoms with Gasteiger partial charge in [-0.25, -0.2) is 4.79 Å². The summed E-state index contributed by atoms with van der Waals surface area (Å²) >= 11 is 0. The standard InChI is InChI=1S/C7H16N4O.C5H11N3/c8-1-2-9-3-5-11-6-4-10-7(11)12;6-2-1-4-8-5-3-7/h9H,1-6,8H2,(H,10,12);8H,1,3-5,7H2. The molecule has 0 aromatic rings. The maximum atomic E-state index is 11.0. The summed E-state index contributed by atoms with van der Waals surface area (Å²) < 4.78 is 0. The zero-order valence-corrected chi connectivity index (χ0v) is 12.0. The van der Waals surface area contributed by atoms with Gasteiger partial charge < -0.3 is 32.3 Å². The average molecular weight is 285 g/mol. The van der Waals surface area contributed by atoms with Crippen molar-refractivity contribution in [3.05, 3.63) is 0 Å². The van der Waals surface area contributed by atoms with Crippen LogP contribution in [0.15, 0.2) is 0 Å². The van der Waals surface area contributed by atoms with Crippen LogP contribution in [0.25, 0.3) is 0 Å². The van der Waals surface area contributed by atoms with Crippen molar-refractivity contribution in [1.29, 1.82) is 5.26 Å². The van der Waals surface area contributed by atoms with Crippen molar-refractivity contribution in [3.63, 3.8) is 0 Å². The lowest BCUT2D eigenvalue weighted by Gasteiger charge is -2.13. The third-order valence-electron chi connectivity index (χ3n) is 2.56. The number of hydrogen-bond acceptors (Lipinski definition) is 6. The molecule has 0 spiro atoms. The molecule has 1 saturated heterocycles. The summed E-state index contributed by atoms with van der Waals surface area (Å²) in [5, 5.41) is 16.9. The Labute approximate surface area is 120 Å². The molecule has 116 valence electrons. The number of carbonyl (C=O) groups is 1. The molecule has 8 heteroatoms. The van der Waals surface area contributed by atoms with Gasteiger partial charge in [-0.1, -0.05) is 0 Å². The predicted molar refractivity (Wildman–Crippen MR) is 79.0 cm³/mol. The molecular weight excluding hydrogens is 258 g/mol. The van der Waals surface area contributed by atoms with Gasteiger partial charge in [0, 0.05) is 65.3 Å². The van der Waals surface area contributed by atoms with Gasteiger partial charge in [0.1, 0.15) is 0 Å². The van der Waals surface area contributed by atoms with E-state index in [0.29, 0.717) is 19.5 Å². The first-order chi connectivity index (χ1) is 9.76. The van der Waals surface area contributed by atoms with Crippen molar-refractivity contribution in [3.8, 4) is 6.07 Å². The highest BCUT2D eigenvalue weighted by Crippen LogP contribution is 1.93. The summed E-state index contributed by atoms with van der Waals surface area (Å²) in [4.78, 5) is 12.8. The molecule has 7 N–H and O–H groups in total. The lowest BCUT2D eigenvalue weighted by Crippen LogP contribution is -2.36. The number of carbonyl (C=O) groups excluding carboxylic acids is 1. The van der Waals surface area contributed by atoms with Crippen molar-refractivity contribution in [2.45, 2.75) is 6.42 Å². The monoisotopic (exact) mass is 285 g/mol. The minimum atomic E-state index is 0.0459. The minimum Gasteiger partial charge on any atom is -0.336 e. The number of rotatable bonds is 9. The molecule has 1 rings (SSSR count). The predicted octanol–water partition coefficient (Wildman–Crippen LogP) is -1.99. The Balaban J connectivity index is 0.000000396. The van der Waals surface area contributed by atoms with Gasteiger partial charge in [0.05, 0.1) is 6.07 Å². The molecule has 0 unspecified atom stereocenters. The fourth-order valence-electron chi connectivity index (χ4n) is 1.54. The van der Waals surface area contributed by atoms with E-state index in [9.17, 15) is 4.79 Å². The van der Waals surface area contributed by atoms with Crippen LogP contribution < -0.4 is 27.4 Å². The van der Waals surface area contributed by atoms with Gasteiger partial charge in [-0.2, -0.15) is 5.26 Å². The molecule has 20 heavy (non-hydrogen) atoms. The SMILES string of the molecule is N#CCCNCCN.NCCNCCN1CCNC1=O. The molecule has 0 bridgehead atoms. The molecule has 0 radical (unpaired) electrons. The normalized spacial score (nSPS) is 13.4. The van der Waals surface area contributed by atoms with E-state index in [4.69, 9.17) is 16.7 Å². The zero-order chi connectivity index (χ0) is 15.1. The van der Waals surface area contributed by atoms with Gasteiger partial charge >= 0.3 is 6.03 Å². The molecule has 1 aliphatic heterocycles. The molecule has 0 aromatic carbocycles. The van der Waals surface area contributed by atoms with Crippen LogP contribution in [0.4, 0.5) is 4.79 Å². The largest absolute Gasteiger partial charge is 0.336 e. The maximum absolute atomic E-state index is 11.0. The van der Waals surface area contributed by atoms with Crippen LogP contribution in [0, 0.1) is 11.3 Å². The smallest absolute Gasteiger partial charge is 0.317 e. The number of nitrogens with two attached hydrogens (primary N) is 2. The summed E-state index contributed by atoms with van der Waals surface area (Å²) in [5.74, 6) is 0. The molecular formula is C12H27N7O. The highest BCUT2D eigenvalue weighted by Gasteiger charge is 2.17. The van der Waals surface area contributed by atoms with E-state index in [2.05, 4.69) is 16.0 Å². The average Bonchev–Trinajstić information content (AvgIpc) is 2.86. The zero-order valence-electron chi connectivity index (χ0n) is 12.0. The van der Waals surface area contributed by atoms with Crippen molar-refractivity contribution in [2.75, 3.05) is 58.9 Å². The first-order valence-electron chi connectivity index (χ1n) is 6.97. The number of hydrogen-bond donors (Lipinski definition) is 5. The summed E-state index contributed by atoms with van der Waals surface area (Å²) in [6, 6.07) is 2.07. The summed E-state index contributed by atoms with van der Waals surface area (Å²) in [7, 11) is 0. The number of urea groups is 1. The first-order valence-corrected chi connectivity index (χ1v) is 6.97. The van der Waals surface area contributed by atoms with Crippen molar-refractivity contribution >= 4 is 6.03 Å². The Hall–Kier alpha value is -1.40. The van der Waals surface area contributed by atoms with Gasteiger partial charge in [0.25, 0.3) is 0 Å². The van der Waals surface area contributed by atoms with Crippen LogP contribution in [-0.4, -0.2) is 69.8 Å². The molecule has 8 nitrogen and oxygen atoms in total. The quantitative estimate of drug-likeness (QED) is 0.312. The molecule has 0 aliphatic carbocycles. The highest BCUT2D eigenvalue weighted by molar-refractivity contribution is 5.76. The lowest BCUT2D eigenvalue weighted by atomic mass is 10.4. The fourth-order valence-corrected chi connectivity index (χ4v) is 1.54. The number of nitriles is 1. The van der Waals surface area contributed by atoms with E-state index < -0.39 is 0 Å². The Bertz CT molecular complexity index is 279. The molecule has 1 fully saturated rings. The second-order valence-corrected chi connectivity index (χ2v) is 4.20. The topological polar surface area (TPSA) is 132 Å². The third kappa shape index (κ3) is 10.5. The first kappa shape index (κ1) is 18.6. The van der Waals surface area contributed by atoms with E-state index in [1.807, 2.05) is 6.07 Å². The Morgan fingerprint density at radius 1 is 1.20 bits per heavy atom. The number of nitrogens with zero attached hydrogens (tertiary/aromatic N) is 2. The lowest BCUT2D eigenvalue weighted by molar-refractivity contribution is 0.217. The summed E-state index contributed by atoms with van der Waals surface area (Å²) in [6.45, 7) is 6.86. The Kier molecular flexibility index (Phi) is 13.0. The van der Waals surface area contributed by atoms with E-state index in [-0.39, 0.29) is 6.03 Å². The van der Waals surface area contributed by atoms with Crippen LogP contribution in [0.5, 0.6) is 0 Å². The van der Waals surface area contributed by atoms with Crippen molar-refractivity contribution < 1.29 is 4.79 Å². The van der Waals surface area contributed by atoms with E-state index in [1.165, 1.54) is 0 Å². The summed E-state index contributed by atoms with van der Waals surface area (Å²) in [5.41, 5.74) is 10.5. The van der Waals surface area contributed by atoms with Gasteiger partial charge in [0.15, 0.2) is 0 Å². The van der Waals surface area contributed by atoms with Crippen LogP contribution in [0.3, 0.4) is 0 Å². The minimum absolute atomic E-state index is 0.0459. The van der Waals surface area contributed by atoms with Crippen molar-refractivity contribution in [1.82, 2.24) is 20.9 Å². The number of nitrogens with one attached hydrogen (secondary N) is 3. The second kappa shape index (κ2) is 14.0. The van der Waals surface area contributed by atoms with Gasteiger partial charge in [-0.05, 0) is 0 Å². The summed E-state index contributed by atoms with van der Waals surface area (Å²) in [6.07, 6.45) is 0.569. The van der Waals surface area contributed by atoms with Crippen LogP contribution in [0.1, 0.15) is 6.42 Å². The van der Waals surface area contributed by atoms with Crippen LogP contribution in [-0.2, 0) is 0 Å². The molecule has 0 saturated carbocycles. The fraction of sp³-hybridized carbons (Fsp3) is 0.833. The van der Waals surface area contributed by atoms with Gasteiger partial charge in [-0.15, -0.1) is 0 Å². The third-order valence-corrected chi connectivity index (χ3v) is 2.56. The van der Waals surface area contributed by atoms with Crippen LogP contribution >= 0.6 is 0 Å². The molecule has 1 heterocycles. The van der Waals surface area contributed by atoms with E-state index in [0.717, 1.165) is 45.8 Å². The Morgan fingerprint density at radius 2 is 1.85 bits per heavy atom.